The number of hydrogen-bond donors (Lipinski definition) is 1. The molecule has 0 bridgehead atoms. The average Bonchev–Trinajstić information content (AvgIpc) is 3.22. The summed E-state index contributed by atoms with van der Waals surface area (Å²) in [7, 11) is 0. The Morgan fingerprint density at radius 1 is 1.19 bits per heavy atom. The van der Waals surface area contributed by atoms with Gasteiger partial charge < -0.3 is 14.3 Å². The molecule has 166 valence electrons. The lowest BCUT2D eigenvalue weighted by Gasteiger charge is -2.29. The van der Waals surface area contributed by atoms with Crippen LogP contribution in [0.3, 0.4) is 0 Å². The minimum Gasteiger partial charge on any atom is -0.362 e. The summed E-state index contributed by atoms with van der Waals surface area (Å²) in [4.78, 5) is 26.3. The monoisotopic (exact) mass is 443 g/mol. The number of nitrogens with zero attached hydrogens (tertiary/aromatic N) is 4. The van der Waals surface area contributed by atoms with Gasteiger partial charge in [-0.1, -0.05) is 49.7 Å². The zero-order valence-corrected chi connectivity index (χ0v) is 19.3. The Labute approximate surface area is 188 Å². The van der Waals surface area contributed by atoms with Crippen molar-refractivity contribution in [2.45, 2.75) is 40.7 Å². The lowest BCUT2D eigenvalue weighted by molar-refractivity contribution is -0.0979. The largest absolute Gasteiger partial charge is 0.362 e. The van der Waals surface area contributed by atoms with Gasteiger partial charge in [0.2, 0.25) is 0 Å². The smallest absolute Gasteiger partial charge is 0.285 e. The molecule has 0 saturated carbocycles. The van der Waals surface area contributed by atoms with E-state index in [0.717, 1.165) is 24.3 Å². The number of allylic oxidation sites excluding steroid dienone is 1. The summed E-state index contributed by atoms with van der Waals surface area (Å²) in [5.41, 5.74) is 4.84. The van der Waals surface area contributed by atoms with Crippen molar-refractivity contribution >= 4 is 24.1 Å². The van der Waals surface area contributed by atoms with Gasteiger partial charge in [-0.3, -0.25) is 4.79 Å². The molecule has 1 aliphatic heterocycles. The van der Waals surface area contributed by atoms with Crippen LogP contribution in [0.15, 0.2) is 54.2 Å². The Hall–Kier alpha value is -3.19. The van der Waals surface area contributed by atoms with Crippen molar-refractivity contribution in [1.29, 1.82) is 0 Å². The molecule has 31 heavy (non-hydrogen) atoms. The minimum atomic E-state index is -0.370. The summed E-state index contributed by atoms with van der Waals surface area (Å²) >= 11 is 6.12. The number of benzene rings is 1. The number of para-hydroxylation sites is 1. The zero-order chi connectivity index (χ0) is 23.4. The van der Waals surface area contributed by atoms with Crippen LogP contribution in [0.25, 0.3) is 5.69 Å². The number of imidazole rings is 1. The van der Waals surface area contributed by atoms with Crippen LogP contribution in [0.2, 0.25) is 5.02 Å². The number of aryl methyl sites for hydroxylation is 1. The van der Waals surface area contributed by atoms with Crippen molar-refractivity contribution in [2.75, 3.05) is 11.4 Å². The fourth-order valence-corrected chi connectivity index (χ4v) is 3.36. The number of carbonyl (C=O) groups excluding carboxylic acids is 1. The Kier molecular flexibility index (Phi) is 11.0. The van der Waals surface area contributed by atoms with Crippen LogP contribution in [0.1, 0.15) is 37.7 Å². The summed E-state index contributed by atoms with van der Waals surface area (Å²) in [6.07, 6.45) is 6.04. The third-order valence-corrected chi connectivity index (χ3v) is 4.77. The molecule has 0 saturated heterocycles. The standard InChI is InChI=1S/C17H16ClN5O.C3H6.C2H6.CH2O/c1-11-4-2-3-5-13(11)23-10-19-12-9-22(7-6-14(12)23)15-8-20-21-17(24)16(15)18;1-3-2;2*1-2/h2-5,8,10H,6-7,9H2,1H3,(H,21,24);3H,1H2,2H3;1-2H3;1H2. The summed E-state index contributed by atoms with van der Waals surface area (Å²) in [5.74, 6) is 0. The number of carbonyl (C=O) groups is 1. The van der Waals surface area contributed by atoms with E-state index in [1.54, 1.807) is 12.3 Å². The van der Waals surface area contributed by atoms with Gasteiger partial charge in [0.1, 0.15) is 11.8 Å². The summed E-state index contributed by atoms with van der Waals surface area (Å²) in [5, 5.41) is 6.37. The van der Waals surface area contributed by atoms with Gasteiger partial charge in [0.25, 0.3) is 5.56 Å². The Morgan fingerprint density at radius 2 is 1.84 bits per heavy atom. The van der Waals surface area contributed by atoms with Gasteiger partial charge in [-0.2, -0.15) is 5.10 Å². The van der Waals surface area contributed by atoms with E-state index in [2.05, 4.69) is 45.4 Å². The number of aromatic nitrogens is 4. The number of hydrogen-bond acceptors (Lipinski definition) is 5. The van der Waals surface area contributed by atoms with Gasteiger partial charge in [0.05, 0.1) is 30.5 Å². The molecule has 1 aromatic carbocycles. The maximum atomic E-state index is 11.7. The lowest BCUT2D eigenvalue weighted by Crippen LogP contribution is -2.32. The van der Waals surface area contributed by atoms with Crippen molar-refractivity contribution < 1.29 is 4.79 Å². The molecule has 1 N–H and O–H groups in total. The van der Waals surface area contributed by atoms with Gasteiger partial charge in [-0.15, -0.1) is 6.58 Å². The molecule has 0 radical (unpaired) electrons. The lowest BCUT2D eigenvalue weighted by atomic mass is 10.1. The van der Waals surface area contributed by atoms with Gasteiger partial charge in [-0.05, 0) is 25.5 Å². The summed E-state index contributed by atoms with van der Waals surface area (Å²) in [6.45, 7) is 14.7. The van der Waals surface area contributed by atoms with Crippen molar-refractivity contribution in [3.05, 3.63) is 81.8 Å². The molecule has 3 aromatic rings. The van der Waals surface area contributed by atoms with Crippen molar-refractivity contribution in [2.24, 2.45) is 0 Å². The molecular formula is C23H30ClN5O2. The predicted octanol–water partition coefficient (Wildman–Crippen LogP) is 4.51. The number of nitrogens with one attached hydrogen (secondary N) is 1. The van der Waals surface area contributed by atoms with Crippen LogP contribution in [0.5, 0.6) is 0 Å². The quantitative estimate of drug-likeness (QED) is 0.589. The second-order valence-corrected chi connectivity index (χ2v) is 6.65. The first-order chi connectivity index (χ1) is 15.1. The zero-order valence-electron chi connectivity index (χ0n) is 18.6. The van der Waals surface area contributed by atoms with Crippen LogP contribution >= 0.6 is 11.6 Å². The molecule has 0 atom stereocenters. The number of anilines is 1. The molecule has 4 rings (SSSR count). The van der Waals surface area contributed by atoms with Crippen molar-refractivity contribution in [3.63, 3.8) is 0 Å². The SMILES string of the molecule is C=CC.C=O.CC.Cc1ccccc1-n1cnc2c1CCN(c1cn[nH]c(=O)c1Cl)C2. The van der Waals surface area contributed by atoms with Gasteiger partial charge in [0.15, 0.2) is 0 Å². The molecule has 3 heterocycles. The molecule has 0 aliphatic carbocycles. The molecular weight excluding hydrogens is 414 g/mol. The Bertz CT molecular complexity index is 1030. The number of halogens is 1. The molecule has 0 amide bonds. The Morgan fingerprint density at radius 3 is 2.48 bits per heavy atom. The van der Waals surface area contributed by atoms with Gasteiger partial charge in [0, 0.05) is 24.3 Å². The number of H-pyrrole nitrogens is 1. The molecule has 2 aromatic heterocycles. The Balaban J connectivity index is 0.000000620. The first-order valence-corrected chi connectivity index (χ1v) is 10.4. The summed E-state index contributed by atoms with van der Waals surface area (Å²) in [6, 6.07) is 8.26. The molecule has 0 unspecified atom stereocenters. The van der Waals surface area contributed by atoms with E-state index in [9.17, 15) is 4.79 Å². The number of rotatable bonds is 2. The van der Waals surface area contributed by atoms with E-state index in [0.29, 0.717) is 12.2 Å². The van der Waals surface area contributed by atoms with Crippen LogP contribution in [0.4, 0.5) is 5.69 Å². The molecule has 7 nitrogen and oxygen atoms in total. The predicted molar refractivity (Wildman–Crippen MR) is 127 cm³/mol. The van der Waals surface area contributed by atoms with Crippen molar-refractivity contribution in [3.8, 4) is 5.69 Å². The number of aromatic amines is 1. The highest BCUT2D eigenvalue weighted by atomic mass is 35.5. The maximum absolute atomic E-state index is 11.7. The van der Waals surface area contributed by atoms with Crippen LogP contribution in [-0.4, -0.2) is 33.1 Å². The fraction of sp³-hybridized carbons (Fsp3) is 0.304. The van der Waals surface area contributed by atoms with Gasteiger partial charge in [-0.25, -0.2) is 10.1 Å². The van der Waals surface area contributed by atoms with E-state index in [4.69, 9.17) is 16.4 Å². The van der Waals surface area contributed by atoms with Crippen LogP contribution in [-0.2, 0) is 17.8 Å². The first kappa shape index (κ1) is 25.8. The highest BCUT2D eigenvalue weighted by molar-refractivity contribution is 6.32. The van der Waals surface area contributed by atoms with E-state index in [1.807, 2.05) is 50.9 Å². The van der Waals surface area contributed by atoms with E-state index >= 15 is 0 Å². The highest BCUT2D eigenvalue weighted by Gasteiger charge is 2.24. The molecule has 0 fully saturated rings. The molecule has 1 aliphatic rings. The first-order valence-electron chi connectivity index (χ1n) is 10.0. The second-order valence-electron chi connectivity index (χ2n) is 6.27. The average molecular weight is 444 g/mol. The van der Waals surface area contributed by atoms with E-state index in [-0.39, 0.29) is 10.6 Å². The van der Waals surface area contributed by atoms with E-state index in [1.165, 1.54) is 11.3 Å². The molecule has 0 spiro atoms. The topological polar surface area (TPSA) is 83.9 Å². The minimum absolute atomic E-state index is 0.173. The fourth-order valence-electron chi connectivity index (χ4n) is 3.15. The van der Waals surface area contributed by atoms with Crippen LogP contribution < -0.4 is 10.5 Å². The second kappa shape index (κ2) is 13.2. The van der Waals surface area contributed by atoms with Crippen molar-refractivity contribution in [1.82, 2.24) is 19.7 Å². The molecule has 8 heteroatoms. The van der Waals surface area contributed by atoms with Gasteiger partial charge >= 0.3 is 0 Å². The normalized spacial score (nSPS) is 11.5. The third kappa shape index (κ3) is 6.15. The van der Waals surface area contributed by atoms with E-state index < -0.39 is 0 Å². The highest BCUT2D eigenvalue weighted by Crippen LogP contribution is 2.28. The number of fused-ring (bicyclic) bond motifs is 1. The maximum Gasteiger partial charge on any atom is 0.285 e. The van der Waals surface area contributed by atoms with Crippen LogP contribution in [0, 0.1) is 6.92 Å². The third-order valence-electron chi connectivity index (χ3n) is 4.40. The summed E-state index contributed by atoms with van der Waals surface area (Å²) < 4.78 is 2.15.